The van der Waals surface area contributed by atoms with Crippen molar-refractivity contribution in [3.05, 3.63) is 46.7 Å². The largest absolute Gasteiger partial charge is 0.325 e. The molecule has 4 rings (SSSR count). The lowest BCUT2D eigenvalue weighted by Crippen LogP contribution is -2.44. The number of aromatic nitrogens is 2. The third-order valence-corrected chi connectivity index (χ3v) is 5.53. The summed E-state index contributed by atoms with van der Waals surface area (Å²) >= 11 is 6.52. The minimum absolute atomic E-state index is 0.141. The molecule has 2 heterocycles. The number of aryl methyl sites for hydroxylation is 1. The molecule has 2 aliphatic rings. The third-order valence-electron chi connectivity index (χ3n) is 5.14. The van der Waals surface area contributed by atoms with Crippen molar-refractivity contribution in [3.8, 4) is 5.69 Å². The number of carbonyl (C=O) groups excluding carboxylic acids is 2. The average Bonchev–Trinajstić information content (AvgIpc) is 3.25. The van der Waals surface area contributed by atoms with E-state index >= 15 is 0 Å². The van der Waals surface area contributed by atoms with Crippen LogP contribution < -0.4 is 5.32 Å². The van der Waals surface area contributed by atoms with Gasteiger partial charge in [-0.1, -0.05) is 42.6 Å². The monoisotopic (exact) mass is 358 g/mol. The Labute approximate surface area is 150 Å². The van der Waals surface area contributed by atoms with Gasteiger partial charge >= 0.3 is 6.03 Å². The van der Waals surface area contributed by atoms with E-state index in [1.165, 1.54) is 4.90 Å². The van der Waals surface area contributed by atoms with Gasteiger partial charge in [0.1, 0.15) is 10.7 Å². The number of imide groups is 1. The van der Waals surface area contributed by atoms with E-state index in [4.69, 9.17) is 11.6 Å². The van der Waals surface area contributed by atoms with Crippen molar-refractivity contribution < 1.29 is 9.59 Å². The fourth-order valence-electron chi connectivity index (χ4n) is 3.75. The number of nitrogens with zero attached hydrogens (tertiary/aromatic N) is 3. The molecule has 6 nitrogen and oxygen atoms in total. The summed E-state index contributed by atoms with van der Waals surface area (Å²) in [6, 6.07) is 9.21. The highest BCUT2D eigenvalue weighted by Crippen LogP contribution is 2.36. The Balaban J connectivity index is 1.64. The van der Waals surface area contributed by atoms with Gasteiger partial charge in [-0.15, -0.1) is 0 Å². The van der Waals surface area contributed by atoms with Crippen LogP contribution in [0.1, 0.15) is 36.9 Å². The molecule has 1 aromatic carbocycles. The highest BCUT2D eigenvalue weighted by molar-refractivity contribution is 6.30. The van der Waals surface area contributed by atoms with Crippen LogP contribution in [0.3, 0.4) is 0 Å². The molecule has 1 N–H and O–H groups in total. The second kappa shape index (κ2) is 5.88. The van der Waals surface area contributed by atoms with Crippen LogP contribution in [0.5, 0.6) is 0 Å². The van der Waals surface area contributed by atoms with Crippen molar-refractivity contribution in [2.75, 3.05) is 0 Å². The smallest absolute Gasteiger partial charge is 0.323 e. The standard InChI is InChI=1S/C18H19ClN4O2/c1-12-14(15(19)23(21-12)13-7-3-2-4-8-13)11-22-16(24)18(20-17(22)25)9-5-6-10-18/h2-4,7-8H,5-6,9-11H2,1H3,(H,20,25). The van der Waals surface area contributed by atoms with Gasteiger partial charge in [0.15, 0.2) is 0 Å². The maximum atomic E-state index is 12.8. The molecule has 1 aromatic heterocycles. The highest BCUT2D eigenvalue weighted by atomic mass is 35.5. The molecule has 2 aromatic rings. The molecule has 0 bridgehead atoms. The molecule has 1 saturated heterocycles. The molecule has 3 amide bonds. The van der Waals surface area contributed by atoms with Crippen molar-refractivity contribution in [2.45, 2.75) is 44.7 Å². The lowest BCUT2D eigenvalue weighted by molar-refractivity contribution is -0.131. The first-order valence-electron chi connectivity index (χ1n) is 8.45. The Morgan fingerprint density at radius 3 is 2.56 bits per heavy atom. The zero-order valence-corrected chi connectivity index (χ0v) is 14.7. The summed E-state index contributed by atoms with van der Waals surface area (Å²) in [5.74, 6) is -0.141. The minimum Gasteiger partial charge on any atom is -0.323 e. The Hall–Kier alpha value is -2.34. The van der Waals surface area contributed by atoms with Crippen molar-refractivity contribution in [3.63, 3.8) is 0 Å². The number of nitrogens with one attached hydrogen (secondary N) is 1. The topological polar surface area (TPSA) is 67.2 Å². The number of urea groups is 1. The van der Waals surface area contributed by atoms with Crippen LogP contribution in [-0.4, -0.2) is 32.2 Å². The Morgan fingerprint density at radius 2 is 1.88 bits per heavy atom. The molecule has 0 unspecified atom stereocenters. The van der Waals surface area contributed by atoms with Crippen LogP contribution in [0.4, 0.5) is 4.79 Å². The predicted molar refractivity (Wildman–Crippen MR) is 93.6 cm³/mol. The van der Waals surface area contributed by atoms with Crippen LogP contribution in [-0.2, 0) is 11.3 Å². The van der Waals surface area contributed by atoms with Gasteiger partial charge in [0, 0.05) is 5.56 Å². The molecule has 1 spiro atoms. The molecular formula is C18H19ClN4O2. The average molecular weight is 359 g/mol. The maximum Gasteiger partial charge on any atom is 0.325 e. The van der Waals surface area contributed by atoms with Crippen molar-refractivity contribution in [2.24, 2.45) is 0 Å². The molecule has 1 aliphatic carbocycles. The first kappa shape index (κ1) is 16.1. The normalized spacial score (nSPS) is 19.0. The van der Waals surface area contributed by atoms with Crippen LogP contribution in [0, 0.1) is 6.92 Å². The fraction of sp³-hybridized carbons (Fsp3) is 0.389. The summed E-state index contributed by atoms with van der Waals surface area (Å²) in [6.45, 7) is 1.98. The van der Waals surface area contributed by atoms with Crippen LogP contribution >= 0.6 is 11.6 Å². The molecule has 0 atom stereocenters. The van der Waals surface area contributed by atoms with Crippen LogP contribution in [0.2, 0.25) is 5.15 Å². The van der Waals surface area contributed by atoms with Crippen molar-refractivity contribution >= 4 is 23.5 Å². The van der Waals surface area contributed by atoms with E-state index in [9.17, 15) is 9.59 Å². The van der Waals surface area contributed by atoms with Gasteiger partial charge in [-0.3, -0.25) is 9.69 Å². The molecule has 25 heavy (non-hydrogen) atoms. The number of benzene rings is 1. The van der Waals surface area contributed by atoms with E-state index in [-0.39, 0.29) is 18.5 Å². The second-order valence-corrected chi connectivity index (χ2v) is 7.07. The van der Waals surface area contributed by atoms with E-state index in [1.54, 1.807) is 4.68 Å². The number of hydrogen-bond donors (Lipinski definition) is 1. The molecular weight excluding hydrogens is 340 g/mol. The number of amides is 3. The summed E-state index contributed by atoms with van der Waals surface area (Å²) in [6.07, 6.45) is 3.35. The number of rotatable bonds is 3. The third kappa shape index (κ3) is 2.52. The van der Waals surface area contributed by atoms with E-state index < -0.39 is 5.54 Å². The molecule has 0 radical (unpaired) electrons. The maximum absolute atomic E-state index is 12.8. The number of para-hydroxylation sites is 1. The highest BCUT2D eigenvalue weighted by Gasteiger charge is 2.52. The van der Waals surface area contributed by atoms with E-state index in [0.717, 1.165) is 18.5 Å². The fourth-order valence-corrected chi connectivity index (χ4v) is 4.08. The molecule has 2 fully saturated rings. The quantitative estimate of drug-likeness (QED) is 0.857. The SMILES string of the molecule is Cc1nn(-c2ccccc2)c(Cl)c1CN1C(=O)NC2(CCCC2)C1=O. The van der Waals surface area contributed by atoms with Gasteiger partial charge < -0.3 is 5.32 Å². The van der Waals surface area contributed by atoms with Gasteiger partial charge in [-0.2, -0.15) is 5.10 Å². The Kier molecular flexibility index (Phi) is 3.80. The van der Waals surface area contributed by atoms with Gasteiger partial charge in [-0.25, -0.2) is 9.48 Å². The van der Waals surface area contributed by atoms with E-state index in [1.807, 2.05) is 37.3 Å². The van der Waals surface area contributed by atoms with Crippen LogP contribution in [0.25, 0.3) is 5.69 Å². The lowest BCUT2D eigenvalue weighted by atomic mass is 9.98. The van der Waals surface area contributed by atoms with Gasteiger partial charge in [0.2, 0.25) is 0 Å². The zero-order chi connectivity index (χ0) is 17.6. The summed E-state index contributed by atoms with van der Waals surface area (Å²) in [5.41, 5.74) is 1.55. The zero-order valence-electron chi connectivity index (χ0n) is 14.0. The number of hydrogen-bond acceptors (Lipinski definition) is 3. The van der Waals surface area contributed by atoms with Crippen molar-refractivity contribution in [1.82, 2.24) is 20.0 Å². The first-order chi connectivity index (χ1) is 12.0. The number of halogens is 1. The lowest BCUT2D eigenvalue weighted by Gasteiger charge is -2.20. The van der Waals surface area contributed by atoms with Crippen molar-refractivity contribution in [1.29, 1.82) is 0 Å². The van der Waals surface area contributed by atoms with Gasteiger partial charge in [-0.05, 0) is 31.9 Å². The van der Waals surface area contributed by atoms with Gasteiger partial charge in [0.25, 0.3) is 5.91 Å². The Bertz CT molecular complexity index is 840. The van der Waals surface area contributed by atoms with E-state index in [2.05, 4.69) is 10.4 Å². The predicted octanol–water partition coefficient (Wildman–Crippen LogP) is 3.20. The summed E-state index contributed by atoms with van der Waals surface area (Å²) in [4.78, 5) is 26.5. The number of carbonyl (C=O) groups is 2. The molecule has 1 saturated carbocycles. The first-order valence-corrected chi connectivity index (χ1v) is 8.83. The Morgan fingerprint density at radius 1 is 1.20 bits per heavy atom. The summed E-state index contributed by atoms with van der Waals surface area (Å²) in [5, 5.41) is 7.80. The minimum atomic E-state index is -0.701. The summed E-state index contributed by atoms with van der Waals surface area (Å²) < 4.78 is 1.63. The summed E-state index contributed by atoms with van der Waals surface area (Å²) in [7, 11) is 0. The van der Waals surface area contributed by atoms with Crippen LogP contribution in [0.15, 0.2) is 30.3 Å². The second-order valence-electron chi connectivity index (χ2n) is 6.71. The van der Waals surface area contributed by atoms with Gasteiger partial charge in [0.05, 0.1) is 17.9 Å². The molecule has 130 valence electrons. The molecule has 7 heteroatoms. The van der Waals surface area contributed by atoms with E-state index in [0.29, 0.717) is 29.3 Å². The molecule has 1 aliphatic heterocycles.